The molecule has 2 aromatic carbocycles. The van der Waals surface area contributed by atoms with E-state index in [0.717, 1.165) is 22.5 Å². The lowest BCUT2D eigenvalue weighted by Crippen LogP contribution is -2.28. The first kappa shape index (κ1) is 15.0. The van der Waals surface area contributed by atoms with Gasteiger partial charge < -0.3 is 4.90 Å². The van der Waals surface area contributed by atoms with Gasteiger partial charge in [0.05, 0.1) is 12.2 Å². The number of benzene rings is 2. The lowest BCUT2D eigenvalue weighted by atomic mass is 10.0. The Morgan fingerprint density at radius 2 is 1.65 bits per heavy atom. The summed E-state index contributed by atoms with van der Waals surface area (Å²) in [6.45, 7) is 2.05. The summed E-state index contributed by atoms with van der Waals surface area (Å²) in [6, 6.07) is 23.9. The normalized spacial score (nSPS) is 10.3. The molecule has 0 aliphatic rings. The van der Waals surface area contributed by atoms with E-state index in [1.54, 1.807) is 18.0 Å². The number of rotatable bonds is 4. The van der Waals surface area contributed by atoms with Crippen LogP contribution in [0.2, 0.25) is 0 Å². The molecule has 0 N–H and O–H groups in total. The highest BCUT2D eigenvalue weighted by Crippen LogP contribution is 2.25. The molecule has 0 saturated heterocycles. The first-order valence-corrected chi connectivity index (χ1v) is 7.57. The molecule has 0 aliphatic carbocycles. The van der Waals surface area contributed by atoms with Crippen molar-refractivity contribution in [2.75, 3.05) is 4.90 Å². The van der Waals surface area contributed by atoms with Gasteiger partial charge in [-0.3, -0.25) is 9.78 Å². The summed E-state index contributed by atoms with van der Waals surface area (Å²) in [7, 11) is 0. The van der Waals surface area contributed by atoms with E-state index in [0.29, 0.717) is 6.54 Å². The maximum absolute atomic E-state index is 12.1. The summed E-state index contributed by atoms with van der Waals surface area (Å²) in [5.41, 5.74) is 3.98. The van der Waals surface area contributed by atoms with E-state index >= 15 is 0 Å². The minimum Gasteiger partial charge on any atom is -0.307 e. The number of amides is 1. The smallest absolute Gasteiger partial charge is 0.224 e. The molecule has 3 aromatic rings. The summed E-state index contributed by atoms with van der Waals surface area (Å²) in [4.78, 5) is 18.2. The topological polar surface area (TPSA) is 33.2 Å². The summed E-state index contributed by atoms with van der Waals surface area (Å²) in [6.07, 6.45) is 1.74. The number of carbonyl (C=O) groups is 1. The van der Waals surface area contributed by atoms with E-state index in [1.165, 1.54) is 0 Å². The highest BCUT2D eigenvalue weighted by Gasteiger charge is 2.13. The zero-order valence-electron chi connectivity index (χ0n) is 13.0. The van der Waals surface area contributed by atoms with E-state index in [2.05, 4.69) is 23.2 Å². The fourth-order valence-corrected chi connectivity index (χ4v) is 2.52. The Hall–Kier alpha value is -2.94. The van der Waals surface area contributed by atoms with Crippen molar-refractivity contribution in [1.82, 2.24) is 4.98 Å². The third-order valence-corrected chi connectivity index (χ3v) is 3.69. The zero-order chi connectivity index (χ0) is 16.1. The van der Waals surface area contributed by atoms with Crippen molar-refractivity contribution >= 4 is 11.6 Å². The molecular formula is C20H18N2O. The molecule has 0 atom stereocenters. The fourth-order valence-electron chi connectivity index (χ4n) is 2.52. The van der Waals surface area contributed by atoms with Gasteiger partial charge in [0.1, 0.15) is 0 Å². The van der Waals surface area contributed by atoms with Crippen LogP contribution < -0.4 is 4.90 Å². The Kier molecular flexibility index (Phi) is 4.48. The second kappa shape index (κ2) is 6.88. The SMILES string of the molecule is CC(=O)N(Cc1ccccn1)c1cccc(-c2ccccc2)c1. The van der Waals surface area contributed by atoms with Crippen molar-refractivity contribution in [1.29, 1.82) is 0 Å². The molecule has 114 valence electrons. The van der Waals surface area contributed by atoms with Crippen LogP contribution in [0.4, 0.5) is 5.69 Å². The Bertz CT molecular complexity index is 785. The second-order valence-corrected chi connectivity index (χ2v) is 5.34. The molecule has 23 heavy (non-hydrogen) atoms. The summed E-state index contributed by atoms with van der Waals surface area (Å²) >= 11 is 0. The van der Waals surface area contributed by atoms with E-state index in [4.69, 9.17) is 0 Å². The van der Waals surface area contributed by atoms with Gasteiger partial charge in [-0.25, -0.2) is 0 Å². The number of anilines is 1. The van der Waals surface area contributed by atoms with E-state index in [-0.39, 0.29) is 5.91 Å². The third-order valence-electron chi connectivity index (χ3n) is 3.69. The van der Waals surface area contributed by atoms with Crippen molar-refractivity contribution in [3.63, 3.8) is 0 Å². The number of aromatic nitrogens is 1. The molecule has 0 fully saturated rings. The van der Waals surface area contributed by atoms with Crippen molar-refractivity contribution in [2.24, 2.45) is 0 Å². The van der Waals surface area contributed by atoms with Gasteiger partial charge in [-0.05, 0) is 35.4 Å². The predicted octanol–water partition coefficient (Wildman–Crippen LogP) is 4.30. The van der Waals surface area contributed by atoms with Crippen LogP contribution in [-0.4, -0.2) is 10.9 Å². The van der Waals surface area contributed by atoms with Crippen molar-refractivity contribution in [3.8, 4) is 11.1 Å². The largest absolute Gasteiger partial charge is 0.307 e. The van der Waals surface area contributed by atoms with Crippen LogP contribution >= 0.6 is 0 Å². The van der Waals surface area contributed by atoms with Crippen LogP contribution in [-0.2, 0) is 11.3 Å². The van der Waals surface area contributed by atoms with Gasteiger partial charge in [0.15, 0.2) is 0 Å². The fraction of sp³-hybridized carbons (Fsp3) is 0.100. The van der Waals surface area contributed by atoms with Crippen LogP contribution in [0, 0.1) is 0 Å². The van der Waals surface area contributed by atoms with Gasteiger partial charge >= 0.3 is 0 Å². The first-order chi connectivity index (χ1) is 11.2. The van der Waals surface area contributed by atoms with Crippen molar-refractivity contribution in [2.45, 2.75) is 13.5 Å². The lowest BCUT2D eigenvalue weighted by molar-refractivity contribution is -0.116. The molecule has 0 bridgehead atoms. The number of carbonyl (C=O) groups excluding carboxylic acids is 1. The number of pyridine rings is 1. The number of nitrogens with zero attached hydrogens (tertiary/aromatic N) is 2. The minimum atomic E-state index is 0.000801. The average molecular weight is 302 g/mol. The molecule has 0 aliphatic heterocycles. The molecule has 3 heteroatoms. The Morgan fingerprint density at radius 3 is 2.35 bits per heavy atom. The Labute approximate surface area is 136 Å². The number of hydrogen-bond acceptors (Lipinski definition) is 2. The highest BCUT2D eigenvalue weighted by molar-refractivity contribution is 5.92. The molecule has 1 heterocycles. The molecule has 1 aromatic heterocycles. The van der Waals surface area contributed by atoms with Crippen LogP contribution in [0.5, 0.6) is 0 Å². The second-order valence-electron chi connectivity index (χ2n) is 5.34. The standard InChI is InChI=1S/C20H18N2O/c1-16(23)22(15-19-11-5-6-13-21-19)20-12-7-10-18(14-20)17-8-3-2-4-9-17/h2-14H,15H2,1H3. The van der Waals surface area contributed by atoms with Crippen LogP contribution in [0.1, 0.15) is 12.6 Å². The highest BCUT2D eigenvalue weighted by atomic mass is 16.2. The van der Waals surface area contributed by atoms with Crippen molar-refractivity contribution < 1.29 is 4.79 Å². The zero-order valence-corrected chi connectivity index (χ0v) is 13.0. The van der Waals surface area contributed by atoms with Gasteiger partial charge in [-0.15, -0.1) is 0 Å². The summed E-state index contributed by atoms with van der Waals surface area (Å²) in [5.74, 6) is 0.000801. The van der Waals surface area contributed by atoms with Gasteiger partial charge in [-0.1, -0.05) is 48.5 Å². The van der Waals surface area contributed by atoms with E-state index < -0.39 is 0 Å². The van der Waals surface area contributed by atoms with Gasteiger partial charge in [0, 0.05) is 18.8 Å². The molecule has 0 radical (unpaired) electrons. The maximum atomic E-state index is 12.1. The summed E-state index contributed by atoms with van der Waals surface area (Å²) in [5, 5.41) is 0. The monoisotopic (exact) mass is 302 g/mol. The van der Waals surface area contributed by atoms with Crippen LogP contribution in [0.3, 0.4) is 0 Å². The molecule has 0 saturated carbocycles. The minimum absolute atomic E-state index is 0.000801. The number of hydrogen-bond donors (Lipinski definition) is 0. The first-order valence-electron chi connectivity index (χ1n) is 7.57. The van der Waals surface area contributed by atoms with E-state index in [9.17, 15) is 4.79 Å². The molecular weight excluding hydrogens is 284 g/mol. The molecule has 3 nitrogen and oxygen atoms in total. The van der Waals surface area contributed by atoms with Gasteiger partial charge in [0.25, 0.3) is 0 Å². The van der Waals surface area contributed by atoms with Gasteiger partial charge in [-0.2, -0.15) is 0 Å². The van der Waals surface area contributed by atoms with Crippen LogP contribution in [0.25, 0.3) is 11.1 Å². The molecule has 0 unspecified atom stereocenters. The molecule has 0 spiro atoms. The van der Waals surface area contributed by atoms with Gasteiger partial charge in [0.2, 0.25) is 5.91 Å². The summed E-state index contributed by atoms with van der Waals surface area (Å²) < 4.78 is 0. The van der Waals surface area contributed by atoms with Crippen LogP contribution in [0.15, 0.2) is 79.0 Å². The average Bonchev–Trinajstić information content (AvgIpc) is 2.61. The third kappa shape index (κ3) is 3.64. The Morgan fingerprint density at radius 1 is 0.913 bits per heavy atom. The quantitative estimate of drug-likeness (QED) is 0.720. The predicted molar refractivity (Wildman–Crippen MR) is 93.0 cm³/mol. The Balaban J connectivity index is 1.93. The van der Waals surface area contributed by atoms with E-state index in [1.807, 2.05) is 54.6 Å². The molecule has 1 amide bonds. The maximum Gasteiger partial charge on any atom is 0.224 e. The lowest BCUT2D eigenvalue weighted by Gasteiger charge is -2.21. The van der Waals surface area contributed by atoms with Crippen molar-refractivity contribution in [3.05, 3.63) is 84.7 Å². The molecule has 3 rings (SSSR count).